The van der Waals surface area contributed by atoms with Gasteiger partial charge in [0.1, 0.15) is 48.3 Å². The first-order valence-electron chi connectivity index (χ1n) is 18.1. The zero-order valence-electron chi connectivity index (χ0n) is 31.6. The van der Waals surface area contributed by atoms with E-state index in [4.69, 9.17) is 36.0 Å². The van der Waals surface area contributed by atoms with Gasteiger partial charge in [-0.25, -0.2) is 4.85 Å². The molecule has 1 atom stereocenters. The van der Waals surface area contributed by atoms with Crippen molar-refractivity contribution in [2.45, 2.75) is 38.5 Å². The number of unbranched alkanes of at least 4 members (excludes halogenated alkanes) is 4. The monoisotopic (exact) mass is 772 g/mol. The van der Waals surface area contributed by atoms with Crippen molar-refractivity contribution in [2.24, 2.45) is 0 Å². The Morgan fingerprint density at radius 1 is 0.571 bits per heavy atom. The molecular formula is C45H47N3O7P+. The number of rotatable bonds is 21. The first kappa shape index (κ1) is 45.6. The van der Waals surface area contributed by atoms with E-state index in [0.717, 1.165) is 85.2 Å². The summed E-state index contributed by atoms with van der Waals surface area (Å²) in [5, 5.41) is 16.3. The molecule has 4 aromatic carbocycles. The minimum atomic E-state index is -1.21. The maximum Gasteiger partial charge on any atom is 0.350 e. The van der Waals surface area contributed by atoms with E-state index in [2.05, 4.69) is 4.85 Å². The number of aldehydes is 2. The summed E-state index contributed by atoms with van der Waals surface area (Å²) in [6.07, 6.45) is 14.1. The first-order chi connectivity index (χ1) is 27.4. The van der Waals surface area contributed by atoms with Crippen LogP contribution in [0.2, 0.25) is 0 Å². The molecule has 0 spiro atoms. The van der Waals surface area contributed by atoms with Gasteiger partial charge in [0.25, 0.3) is 0 Å². The highest BCUT2D eigenvalue weighted by molar-refractivity contribution is 7.44. The van der Waals surface area contributed by atoms with Crippen LogP contribution in [-0.2, 0) is 4.57 Å². The molecule has 0 aliphatic rings. The number of nitrogens with zero attached hydrogens (tertiary/aromatic N) is 3. The summed E-state index contributed by atoms with van der Waals surface area (Å²) in [5.41, 5.74) is 3.27. The van der Waals surface area contributed by atoms with Gasteiger partial charge in [0, 0.05) is 17.2 Å². The van der Waals surface area contributed by atoms with Crippen molar-refractivity contribution in [1.29, 1.82) is 10.5 Å². The Kier molecular flexibility index (Phi) is 24.3. The number of hydrogen-bond donors (Lipinski definition) is 0. The fraction of sp³-hybridized carbons (Fsp3) is 0.267. The molecule has 0 saturated heterocycles. The molecule has 10 nitrogen and oxygen atoms in total. The lowest BCUT2D eigenvalue weighted by Crippen LogP contribution is -2.01. The third kappa shape index (κ3) is 21.9. The Labute approximate surface area is 331 Å². The molecular weight excluding hydrogens is 725 g/mol. The van der Waals surface area contributed by atoms with E-state index in [1.165, 1.54) is 12.3 Å². The van der Waals surface area contributed by atoms with Gasteiger partial charge in [0.15, 0.2) is 6.20 Å². The fourth-order valence-electron chi connectivity index (χ4n) is 4.51. The zero-order chi connectivity index (χ0) is 40.5. The first-order valence-corrected chi connectivity index (χ1v) is 20.0. The van der Waals surface area contributed by atoms with Gasteiger partial charge in [0.05, 0.1) is 39.1 Å². The highest BCUT2D eigenvalue weighted by atomic mass is 31.1. The third-order valence-corrected chi connectivity index (χ3v) is 8.02. The molecule has 0 bridgehead atoms. The Morgan fingerprint density at radius 3 is 1.18 bits per heavy atom. The van der Waals surface area contributed by atoms with E-state index >= 15 is 0 Å². The molecule has 4 aromatic rings. The quantitative estimate of drug-likeness (QED) is 0.0266. The SMILES string of the molecule is C[P+](=O)CC#N.O=Cc1ccc(OCCCCCOc2ccc(C=O)cc2)cc1.[C-]#[N+]/C=C/c1ccc(OCCCCCOc2ccc(/C=C/C#N)cc2)cc1. The van der Waals surface area contributed by atoms with Crippen LogP contribution in [0.4, 0.5) is 0 Å². The van der Waals surface area contributed by atoms with Crippen molar-refractivity contribution in [3.05, 3.63) is 143 Å². The lowest BCUT2D eigenvalue weighted by Gasteiger charge is -2.08. The maximum absolute atomic E-state index is 10.5. The minimum absolute atomic E-state index is 0.190. The van der Waals surface area contributed by atoms with Crippen LogP contribution in [-0.4, -0.2) is 51.8 Å². The second kappa shape index (κ2) is 29.9. The van der Waals surface area contributed by atoms with E-state index in [0.29, 0.717) is 37.6 Å². The fourth-order valence-corrected chi connectivity index (χ4v) is 4.71. The van der Waals surface area contributed by atoms with Crippen molar-refractivity contribution in [3.8, 4) is 35.1 Å². The summed E-state index contributed by atoms with van der Waals surface area (Å²) in [5.74, 6) is 3.24. The molecule has 11 heteroatoms. The zero-order valence-corrected chi connectivity index (χ0v) is 32.5. The highest BCUT2D eigenvalue weighted by Crippen LogP contribution is 2.17. The van der Waals surface area contributed by atoms with E-state index in [9.17, 15) is 14.2 Å². The number of nitriles is 2. The number of carbonyl (C=O) groups is 2. The predicted octanol–water partition coefficient (Wildman–Crippen LogP) is 10.6. The van der Waals surface area contributed by atoms with E-state index < -0.39 is 7.80 Å². The molecule has 1 unspecified atom stereocenters. The third-order valence-electron chi connectivity index (χ3n) is 7.43. The molecule has 56 heavy (non-hydrogen) atoms. The van der Waals surface area contributed by atoms with Gasteiger partial charge in [-0.15, -0.1) is 0 Å². The molecule has 0 aliphatic carbocycles. The smallest absolute Gasteiger partial charge is 0.350 e. The average Bonchev–Trinajstić information content (AvgIpc) is 3.23. The summed E-state index contributed by atoms with van der Waals surface area (Å²) >= 11 is 0. The van der Waals surface area contributed by atoms with Gasteiger partial charge in [0.2, 0.25) is 6.16 Å². The summed E-state index contributed by atoms with van der Waals surface area (Å²) < 4.78 is 32.6. The van der Waals surface area contributed by atoms with Crippen LogP contribution in [0, 0.1) is 29.2 Å². The Hall–Kier alpha value is -6.53. The second-order valence-corrected chi connectivity index (χ2v) is 13.5. The van der Waals surface area contributed by atoms with Gasteiger partial charge in [-0.2, -0.15) is 10.5 Å². The van der Waals surface area contributed by atoms with Crippen LogP contribution in [0.3, 0.4) is 0 Å². The number of ether oxygens (including phenoxy) is 4. The molecule has 0 fully saturated rings. The van der Waals surface area contributed by atoms with Crippen LogP contribution < -0.4 is 18.9 Å². The van der Waals surface area contributed by atoms with Gasteiger partial charge >= 0.3 is 7.80 Å². The maximum atomic E-state index is 10.5. The molecule has 0 radical (unpaired) electrons. The Morgan fingerprint density at radius 2 is 0.911 bits per heavy atom. The number of hydrogen-bond acceptors (Lipinski definition) is 9. The number of benzene rings is 4. The molecule has 0 heterocycles. The molecule has 0 N–H and O–H groups in total. The van der Waals surface area contributed by atoms with Gasteiger partial charge in [-0.3, -0.25) is 9.59 Å². The van der Waals surface area contributed by atoms with Crippen LogP contribution in [0.1, 0.15) is 70.4 Å². The van der Waals surface area contributed by atoms with Crippen molar-refractivity contribution in [3.63, 3.8) is 0 Å². The topological polar surface area (TPSA) is 140 Å². The number of carbonyl (C=O) groups excluding carboxylic acids is 2. The Bertz CT molecular complexity index is 1780. The van der Waals surface area contributed by atoms with Gasteiger partial charge < -0.3 is 18.9 Å². The molecule has 4 rings (SSSR count). The molecule has 0 aromatic heterocycles. The highest BCUT2D eigenvalue weighted by Gasteiger charge is 2.00. The molecule has 288 valence electrons. The normalized spacial score (nSPS) is 10.3. The molecule has 0 aliphatic heterocycles. The Balaban J connectivity index is 0.000000341. The van der Waals surface area contributed by atoms with Gasteiger partial charge in [-0.05, 0) is 129 Å². The summed E-state index contributed by atoms with van der Waals surface area (Å²) in [6.45, 7) is 10.9. The lowest BCUT2D eigenvalue weighted by atomic mass is 10.2. The molecule has 0 saturated carbocycles. The van der Waals surface area contributed by atoms with E-state index in [1.807, 2.05) is 54.6 Å². The minimum Gasteiger partial charge on any atom is -0.494 e. The lowest BCUT2D eigenvalue weighted by molar-refractivity contribution is 0.111. The summed E-state index contributed by atoms with van der Waals surface area (Å²) in [4.78, 5) is 24.3. The predicted molar refractivity (Wildman–Crippen MR) is 221 cm³/mol. The van der Waals surface area contributed by atoms with Crippen molar-refractivity contribution in [1.82, 2.24) is 0 Å². The largest absolute Gasteiger partial charge is 0.494 e. The average molecular weight is 773 g/mol. The molecule has 0 amide bonds. The van der Waals surface area contributed by atoms with Crippen molar-refractivity contribution < 1.29 is 33.1 Å². The van der Waals surface area contributed by atoms with Crippen molar-refractivity contribution in [2.75, 3.05) is 39.3 Å². The standard InChI is InChI=1S/C23H22N2O2.C19H20O4.C3H5NOP/c1-25-17-15-21-9-13-23(14-10-21)27-19-4-2-3-18-26-22-11-7-20(8-12-22)6-5-16-24;20-14-16-4-8-18(9-5-16)22-12-2-1-3-13-23-19-10-6-17(15-21)7-11-19;1-6(5)3-2-4/h5-15,17H,2-4,18-19H2;4-11,14-15H,1-3,12-13H2;3H2,1H3/q;;+1/b6-5+,17-15+;;. The van der Waals surface area contributed by atoms with Gasteiger partial charge in [-0.1, -0.05) is 34.9 Å². The number of allylic oxidation sites excluding steroid dienone is 1. The second-order valence-electron chi connectivity index (χ2n) is 11.9. The van der Waals surface area contributed by atoms with Crippen LogP contribution in [0.15, 0.2) is 109 Å². The summed E-state index contributed by atoms with van der Waals surface area (Å²) in [6, 6.07) is 33.3. The van der Waals surface area contributed by atoms with Crippen LogP contribution in [0.5, 0.6) is 23.0 Å². The van der Waals surface area contributed by atoms with Crippen LogP contribution in [0.25, 0.3) is 17.0 Å². The summed E-state index contributed by atoms with van der Waals surface area (Å²) in [7, 11) is -1.21. The van der Waals surface area contributed by atoms with E-state index in [-0.39, 0.29) is 6.16 Å². The van der Waals surface area contributed by atoms with E-state index in [1.54, 1.807) is 73.4 Å². The van der Waals surface area contributed by atoms with Crippen molar-refractivity contribution >= 4 is 32.5 Å². The van der Waals surface area contributed by atoms with Crippen LogP contribution >= 0.6 is 7.80 Å².